The van der Waals surface area contributed by atoms with Gasteiger partial charge in [0.2, 0.25) is 0 Å². The molecule has 0 saturated heterocycles. The number of rotatable bonds is 6. The van der Waals surface area contributed by atoms with E-state index in [1.54, 1.807) is 0 Å². The van der Waals surface area contributed by atoms with Gasteiger partial charge in [0.15, 0.2) is 0 Å². The fourth-order valence-electron chi connectivity index (χ4n) is 1.12. The summed E-state index contributed by atoms with van der Waals surface area (Å²) in [5, 5.41) is 2.95. The maximum atomic E-state index is 11.6. The third-order valence-corrected chi connectivity index (χ3v) is 2.78. The van der Waals surface area contributed by atoms with Gasteiger partial charge in [-0.25, -0.2) is 0 Å². The van der Waals surface area contributed by atoms with Crippen molar-refractivity contribution in [3.05, 3.63) is 0 Å². The molecule has 0 rings (SSSR count). The van der Waals surface area contributed by atoms with Crippen LogP contribution in [0.1, 0.15) is 33.6 Å². The first kappa shape index (κ1) is 13.4. The monoisotopic (exact) mass is 202 g/mol. The number of nitrogens with two attached hydrogens (primary N) is 1. The lowest BCUT2D eigenvalue weighted by molar-refractivity contribution is -0.132. The van der Waals surface area contributed by atoms with E-state index in [0.717, 1.165) is 12.8 Å². The molecule has 0 aromatic carbocycles. The number of carbonyl (C=O) groups excluding carboxylic acids is 1. The highest BCUT2D eigenvalue weighted by molar-refractivity contribution is 5.81. The summed E-state index contributed by atoms with van der Waals surface area (Å²) < 4.78 is 4.96. The predicted octanol–water partition coefficient (Wildman–Crippen LogP) is 0.655. The lowest BCUT2D eigenvalue weighted by Crippen LogP contribution is -2.51. The highest BCUT2D eigenvalue weighted by Gasteiger charge is 2.25. The summed E-state index contributed by atoms with van der Waals surface area (Å²) in [6, 6.07) is 0. The molecule has 0 radical (unpaired) electrons. The van der Waals surface area contributed by atoms with Crippen molar-refractivity contribution in [2.24, 2.45) is 5.73 Å². The second kappa shape index (κ2) is 5.98. The molecule has 0 aromatic heterocycles. The molecule has 0 aromatic rings. The molecule has 0 saturated carbocycles. The molecule has 1 atom stereocenters. The Balaban J connectivity index is 4.28. The first-order valence-corrected chi connectivity index (χ1v) is 5.07. The molecular formula is C10H22N2O2. The van der Waals surface area contributed by atoms with Crippen molar-refractivity contribution >= 4 is 5.91 Å². The number of amides is 1. The van der Waals surface area contributed by atoms with Crippen molar-refractivity contribution in [1.29, 1.82) is 0 Å². The molecule has 0 aliphatic rings. The molecule has 1 unspecified atom stereocenters. The van der Waals surface area contributed by atoms with Gasteiger partial charge in [0.25, 0.3) is 5.91 Å². The minimum absolute atomic E-state index is 0.124. The topological polar surface area (TPSA) is 64.4 Å². The standard InChI is InChI=1S/C10H22N2O2/c1-5-10(3,6-2)12-9(13)8(7-11)14-4/h8H,5-7,11H2,1-4H3,(H,12,13). The second-order valence-corrected chi connectivity index (χ2v) is 3.72. The summed E-state index contributed by atoms with van der Waals surface area (Å²) in [6.07, 6.45) is 1.26. The van der Waals surface area contributed by atoms with Gasteiger partial charge in [-0.3, -0.25) is 4.79 Å². The van der Waals surface area contributed by atoms with Crippen LogP contribution in [-0.4, -0.2) is 31.2 Å². The van der Waals surface area contributed by atoms with E-state index in [-0.39, 0.29) is 18.0 Å². The molecule has 0 fully saturated rings. The highest BCUT2D eigenvalue weighted by atomic mass is 16.5. The van der Waals surface area contributed by atoms with E-state index in [2.05, 4.69) is 5.32 Å². The Kier molecular flexibility index (Phi) is 5.72. The summed E-state index contributed by atoms with van der Waals surface area (Å²) in [7, 11) is 1.49. The summed E-state index contributed by atoms with van der Waals surface area (Å²) in [5.74, 6) is -0.124. The fraction of sp³-hybridized carbons (Fsp3) is 0.900. The molecule has 1 amide bonds. The number of methoxy groups -OCH3 is 1. The van der Waals surface area contributed by atoms with E-state index in [9.17, 15) is 4.79 Å². The Labute approximate surface area is 86.2 Å². The Bertz CT molecular complexity index is 175. The van der Waals surface area contributed by atoms with Gasteiger partial charge in [-0.05, 0) is 19.8 Å². The molecule has 0 heterocycles. The maximum Gasteiger partial charge on any atom is 0.250 e. The molecule has 0 spiro atoms. The largest absolute Gasteiger partial charge is 0.370 e. The zero-order valence-corrected chi connectivity index (χ0v) is 9.59. The third kappa shape index (κ3) is 3.64. The number of nitrogens with one attached hydrogen (secondary N) is 1. The van der Waals surface area contributed by atoms with Crippen LogP contribution in [0.4, 0.5) is 0 Å². The Morgan fingerprint density at radius 2 is 2.00 bits per heavy atom. The molecule has 84 valence electrons. The van der Waals surface area contributed by atoms with E-state index < -0.39 is 6.10 Å². The predicted molar refractivity (Wildman–Crippen MR) is 57.0 cm³/mol. The van der Waals surface area contributed by atoms with Crippen molar-refractivity contribution in [2.75, 3.05) is 13.7 Å². The number of ether oxygens (including phenoxy) is 1. The van der Waals surface area contributed by atoms with E-state index in [0.29, 0.717) is 0 Å². The van der Waals surface area contributed by atoms with E-state index in [4.69, 9.17) is 10.5 Å². The van der Waals surface area contributed by atoms with Crippen molar-refractivity contribution in [2.45, 2.75) is 45.3 Å². The second-order valence-electron chi connectivity index (χ2n) is 3.72. The molecule has 4 nitrogen and oxygen atoms in total. The molecular weight excluding hydrogens is 180 g/mol. The van der Waals surface area contributed by atoms with Crippen molar-refractivity contribution < 1.29 is 9.53 Å². The summed E-state index contributed by atoms with van der Waals surface area (Å²) in [5.41, 5.74) is 5.25. The molecule has 3 N–H and O–H groups in total. The van der Waals surface area contributed by atoms with Gasteiger partial charge in [-0.1, -0.05) is 13.8 Å². The lowest BCUT2D eigenvalue weighted by Gasteiger charge is -2.29. The fourth-order valence-corrected chi connectivity index (χ4v) is 1.12. The molecule has 0 bridgehead atoms. The summed E-state index contributed by atoms with van der Waals surface area (Å²) in [6.45, 7) is 6.34. The molecule has 0 aliphatic heterocycles. The maximum absolute atomic E-state index is 11.6. The number of carbonyl (C=O) groups is 1. The zero-order valence-electron chi connectivity index (χ0n) is 9.59. The van der Waals surface area contributed by atoms with Gasteiger partial charge in [0.1, 0.15) is 6.10 Å². The number of hydrogen-bond donors (Lipinski definition) is 2. The van der Waals surface area contributed by atoms with E-state index in [1.165, 1.54) is 7.11 Å². The average molecular weight is 202 g/mol. The SMILES string of the molecule is CCC(C)(CC)NC(=O)C(CN)OC. The van der Waals surface area contributed by atoms with Crippen molar-refractivity contribution in [1.82, 2.24) is 5.32 Å². The third-order valence-electron chi connectivity index (χ3n) is 2.78. The number of hydrogen-bond acceptors (Lipinski definition) is 3. The van der Waals surface area contributed by atoms with Crippen LogP contribution in [0.15, 0.2) is 0 Å². The van der Waals surface area contributed by atoms with Crippen LogP contribution in [0.5, 0.6) is 0 Å². The van der Waals surface area contributed by atoms with Crippen LogP contribution >= 0.6 is 0 Å². The van der Waals surface area contributed by atoms with E-state index in [1.807, 2.05) is 20.8 Å². The summed E-state index contributed by atoms with van der Waals surface area (Å²) in [4.78, 5) is 11.6. The Morgan fingerprint density at radius 3 is 2.29 bits per heavy atom. The van der Waals surface area contributed by atoms with Gasteiger partial charge >= 0.3 is 0 Å². The van der Waals surface area contributed by atoms with Crippen LogP contribution in [0, 0.1) is 0 Å². The normalized spacial score (nSPS) is 13.8. The van der Waals surface area contributed by atoms with Crippen LogP contribution in [0.3, 0.4) is 0 Å². The van der Waals surface area contributed by atoms with Crippen molar-refractivity contribution in [3.8, 4) is 0 Å². The van der Waals surface area contributed by atoms with Gasteiger partial charge in [-0.2, -0.15) is 0 Å². The van der Waals surface area contributed by atoms with Gasteiger partial charge in [0.05, 0.1) is 0 Å². The Hall–Kier alpha value is -0.610. The molecule has 4 heteroatoms. The lowest BCUT2D eigenvalue weighted by atomic mass is 9.95. The van der Waals surface area contributed by atoms with Crippen LogP contribution in [0.2, 0.25) is 0 Å². The van der Waals surface area contributed by atoms with Gasteiger partial charge < -0.3 is 15.8 Å². The minimum Gasteiger partial charge on any atom is -0.370 e. The van der Waals surface area contributed by atoms with Gasteiger partial charge in [0, 0.05) is 19.2 Å². The van der Waals surface area contributed by atoms with Crippen LogP contribution in [0.25, 0.3) is 0 Å². The van der Waals surface area contributed by atoms with E-state index >= 15 is 0 Å². The molecule has 0 aliphatic carbocycles. The van der Waals surface area contributed by atoms with Crippen molar-refractivity contribution in [3.63, 3.8) is 0 Å². The minimum atomic E-state index is -0.535. The summed E-state index contributed by atoms with van der Waals surface area (Å²) >= 11 is 0. The average Bonchev–Trinajstić information content (AvgIpc) is 2.19. The quantitative estimate of drug-likeness (QED) is 0.665. The van der Waals surface area contributed by atoms with Crippen LogP contribution < -0.4 is 11.1 Å². The zero-order chi connectivity index (χ0) is 11.2. The van der Waals surface area contributed by atoms with Crippen LogP contribution in [-0.2, 0) is 9.53 Å². The first-order valence-electron chi connectivity index (χ1n) is 5.07. The van der Waals surface area contributed by atoms with Gasteiger partial charge in [-0.15, -0.1) is 0 Å². The first-order chi connectivity index (χ1) is 6.52. The molecule has 14 heavy (non-hydrogen) atoms. The highest BCUT2D eigenvalue weighted by Crippen LogP contribution is 2.13. The Morgan fingerprint density at radius 1 is 1.50 bits per heavy atom. The smallest absolute Gasteiger partial charge is 0.250 e.